The number of halogens is 1. The first-order chi connectivity index (χ1) is 10.2. The van der Waals surface area contributed by atoms with Crippen LogP contribution in [0.5, 0.6) is 5.75 Å². The van der Waals surface area contributed by atoms with Gasteiger partial charge in [-0.1, -0.05) is 35.9 Å². The number of methoxy groups -OCH3 is 1. The molecule has 112 valence electrons. The lowest BCUT2D eigenvalue weighted by molar-refractivity contribution is 0.189. The van der Waals surface area contributed by atoms with E-state index in [1.807, 2.05) is 48.5 Å². The van der Waals surface area contributed by atoms with E-state index in [2.05, 4.69) is 0 Å². The highest BCUT2D eigenvalue weighted by atomic mass is 35.5. The van der Waals surface area contributed by atoms with Gasteiger partial charge >= 0.3 is 0 Å². The van der Waals surface area contributed by atoms with Crippen molar-refractivity contribution in [2.75, 3.05) is 12.9 Å². The van der Waals surface area contributed by atoms with Crippen molar-refractivity contribution in [3.63, 3.8) is 0 Å². The van der Waals surface area contributed by atoms with Crippen molar-refractivity contribution in [2.24, 2.45) is 0 Å². The number of aliphatic hydroxyl groups is 1. The van der Waals surface area contributed by atoms with Gasteiger partial charge in [-0.25, -0.2) is 0 Å². The average molecular weight is 323 g/mol. The fourth-order valence-electron chi connectivity index (χ4n) is 1.96. The van der Waals surface area contributed by atoms with Gasteiger partial charge in [-0.15, -0.1) is 11.8 Å². The van der Waals surface area contributed by atoms with Gasteiger partial charge in [0, 0.05) is 10.6 Å². The second kappa shape index (κ2) is 8.32. The summed E-state index contributed by atoms with van der Waals surface area (Å²) in [6.07, 6.45) is 1.26. The third-order valence-electron chi connectivity index (χ3n) is 3.19. The first-order valence-electron chi connectivity index (χ1n) is 6.87. The largest absolute Gasteiger partial charge is 0.497 e. The zero-order valence-electron chi connectivity index (χ0n) is 12.0. The summed E-state index contributed by atoms with van der Waals surface area (Å²) in [6.45, 7) is 0. The zero-order chi connectivity index (χ0) is 15.1. The molecule has 0 fully saturated rings. The van der Waals surface area contributed by atoms with Crippen LogP contribution in [0.3, 0.4) is 0 Å². The van der Waals surface area contributed by atoms with Crippen LogP contribution in [-0.2, 0) is 6.42 Å². The van der Waals surface area contributed by atoms with Gasteiger partial charge in [-0.2, -0.15) is 0 Å². The standard InChI is InChI=1S/C17H19ClO2S/c1-20-15-10-7-13(8-11-15)6-9-14(19)12-21-17-5-3-2-4-16(17)18/h2-5,7-8,10-11,14,19H,6,9,12H2,1H3. The Labute approximate surface area is 135 Å². The predicted octanol–water partition coefficient (Wildman–Crippen LogP) is 4.43. The van der Waals surface area contributed by atoms with Gasteiger partial charge < -0.3 is 9.84 Å². The minimum atomic E-state index is -0.339. The van der Waals surface area contributed by atoms with Crippen LogP contribution in [0.4, 0.5) is 0 Å². The smallest absolute Gasteiger partial charge is 0.118 e. The van der Waals surface area contributed by atoms with Crippen molar-refractivity contribution >= 4 is 23.4 Å². The van der Waals surface area contributed by atoms with Crippen molar-refractivity contribution in [3.8, 4) is 5.75 Å². The van der Waals surface area contributed by atoms with Gasteiger partial charge in [0.2, 0.25) is 0 Å². The molecule has 2 aromatic rings. The SMILES string of the molecule is COc1ccc(CCC(O)CSc2ccccc2Cl)cc1. The lowest BCUT2D eigenvalue weighted by Crippen LogP contribution is -2.11. The first-order valence-corrected chi connectivity index (χ1v) is 8.23. The normalized spacial score (nSPS) is 12.1. The molecule has 21 heavy (non-hydrogen) atoms. The van der Waals surface area contributed by atoms with Gasteiger partial charge in [0.25, 0.3) is 0 Å². The van der Waals surface area contributed by atoms with Crippen molar-refractivity contribution < 1.29 is 9.84 Å². The molecule has 0 bridgehead atoms. The van der Waals surface area contributed by atoms with E-state index in [1.165, 1.54) is 5.56 Å². The van der Waals surface area contributed by atoms with Gasteiger partial charge in [-0.3, -0.25) is 0 Å². The van der Waals surface area contributed by atoms with Crippen LogP contribution >= 0.6 is 23.4 Å². The van der Waals surface area contributed by atoms with Crippen molar-refractivity contribution in [1.29, 1.82) is 0 Å². The van der Waals surface area contributed by atoms with Crippen LogP contribution < -0.4 is 4.74 Å². The summed E-state index contributed by atoms with van der Waals surface area (Å²) in [5.41, 5.74) is 1.21. The molecule has 1 N–H and O–H groups in total. The van der Waals surface area contributed by atoms with Crippen LogP contribution in [-0.4, -0.2) is 24.1 Å². The molecule has 0 aliphatic heterocycles. The molecule has 1 unspecified atom stereocenters. The molecule has 2 rings (SSSR count). The molecule has 0 aliphatic carbocycles. The zero-order valence-corrected chi connectivity index (χ0v) is 13.5. The molecule has 2 nitrogen and oxygen atoms in total. The van der Waals surface area contributed by atoms with Gasteiger partial charge in [0.1, 0.15) is 5.75 Å². The van der Waals surface area contributed by atoms with E-state index in [9.17, 15) is 5.11 Å². The molecular formula is C17H19ClO2S. The highest BCUT2D eigenvalue weighted by molar-refractivity contribution is 7.99. The fourth-order valence-corrected chi connectivity index (χ4v) is 3.18. The summed E-state index contributed by atoms with van der Waals surface area (Å²) in [5, 5.41) is 10.8. The monoisotopic (exact) mass is 322 g/mol. The second-order valence-electron chi connectivity index (χ2n) is 4.78. The highest BCUT2D eigenvalue weighted by Crippen LogP contribution is 2.27. The Balaban J connectivity index is 1.76. The van der Waals surface area contributed by atoms with E-state index < -0.39 is 0 Å². The summed E-state index contributed by atoms with van der Waals surface area (Å²) < 4.78 is 5.13. The molecule has 2 aromatic carbocycles. The summed E-state index contributed by atoms with van der Waals surface area (Å²) in [5.74, 6) is 1.51. The Kier molecular flexibility index (Phi) is 6.43. The van der Waals surface area contributed by atoms with Crippen LogP contribution in [0.2, 0.25) is 5.02 Å². The maximum Gasteiger partial charge on any atom is 0.118 e. The molecule has 0 aliphatic rings. The highest BCUT2D eigenvalue weighted by Gasteiger charge is 2.07. The van der Waals surface area contributed by atoms with E-state index in [-0.39, 0.29) is 6.10 Å². The number of aliphatic hydroxyl groups excluding tert-OH is 1. The Morgan fingerprint density at radius 2 is 1.86 bits per heavy atom. The summed E-state index contributed by atoms with van der Waals surface area (Å²) in [4.78, 5) is 1.02. The van der Waals surface area contributed by atoms with E-state index in [4.69, 9.17) is 16.3 Å². The third-order valence-corrected chi connectivity index (χ3v) is 4.85. The molecule has 4 heteroatoms. The second-order valence-corrected chi connectivity index (χ2v) is 6.25. The molecule has 0 heterocycles. The third kappa shape index (κ3) is 5.27. The van der Waals surface area contributed by atoms with Crippen molar-refractivity contribution in [2.45, 2.75) is 23.8 Å². The molecule has 0 saturated carbocycles. The molecule has 0 aromatic heterocycles. The molecule has 0 spiro atoms. The number of hydrogen-bond donors (Lipinski definition) is 1. The molecular weight excluding hydrogens is 304 g/mol. The Morgan fingerprint density at radius 1 is 1.14 bits per heavy atom. The lowest BCUT2D eigenvalue weighted by atomic mass is 10.1. The first kappa shape index (κ1) is 16.2. The van der Waals surface area contributed by atoms with Crippen LogP contribution in [0.1, 0.15) is 12.0 Å². The lowest BCUT2D eigenvalue weighted by Gasteiger charge is -2.11. The van der Waals surface area contributed by atoms with Gasteiger partial charge in [0.05, 0.1) is 18.2 Å². The molecule has 0 amide bonds. The number of rotatable bonds is 7. The van der Waals surface area contributed by atoms with E-state index in [0.29, 0.717) is 5.75 Å². The quantitative estimate of drug-likeness (QED) is 0.764. The number of thioether (sulfide) groups is 1. The van der Waals surface area contributed by atoms with E-state index >= 15 is 0 Å². The van der Waals surface area contributed by atoms with Crippen molar-refractivity contribution in [1.82, 2.24) is 0 Å². The topological polar surface area (TPSA) is 29.5 Å². The maximum atomic E-state index is 10.1. The number of ether oxygens (including phenoxy) is 1. The Bertz CT molecular complexity index is 557. The minimum absolute atomic E-state index is 0.339. The summed E-state index contributed by atoms with van der Waals surface area (Å²) in [7, 11) is 1.66. The van der Waals surface area contributed by atoms with E-state index in [0.717, 1.165) is 28.5 Å². The average Bonchev–Trinajstić information content (AvgIpc) is 2.52. The molecule has 0 saturated heterocycles. The van der Waals surface area contributed by atoms with E-state index in [1.54, 1.807) is 18.9 Å². The molecule has 0 radical (unpaired) electrons. The van der Waals surface area contributed by atoms with Crippen LogP contribution in [0.15, 0.2) is 53.4 Å². The fraction of sp³-hybridized carbons (Fsp3) is 0.294. The minimum Gasteiger partial charge on any atom is -0.497 e. The van der Waals surface area contributed by atoms with Crippen LogP contribution in [0.25, 0.3) is 0 Å². The summed E-state index contributed by atoms with van der Waals surface area (Å²) in [6, 6.07) is 15.7. The van der Waals surface area contributed by atoms with Gasteiger partial charge in [0.15, 0.2) is 0 Å². The Morgan fingerprint density at radius 3 is 2.52 bits per heavy atom. The molecule has 1 atom stereocenters. The summed E-state index contributed by atoms with van der Waals surface area (Å²) >= 11 is 7.69. The van der Waals surface area contributed by atoms with Gasteiger partial charge in [-0.05, 0) is 42.7 Å². The number of aryl methyl sites for hydroxylation is 1. The number of benzene rings is 2. The number of hydrogen-bond acceptors (Lipinski definition) is 3. The Hall–Kier alpha value is -1.16. The van der Waals surface area contributed by atoms with Crippen LogP contribution in [0, 0.1) is 0 Å². The maximum absolute atomic E-state index is 10.1. The predicted molar refractivity (Wildman–Crippen MR) is 89.5 cm³/mol. The van der Waals surface area contributed by atoms with Crippen molar-refractivity contribution in [3.05, 3.63) is 59.1 Å².